The second-order valence-electron chi connectivity index (χ2n) is 6.02. The number of nitrogens with one attached hydrogen (secondary N) is 1. The van der Waals surface area contributed by atoms with Gasteiger partial charge in [0.1, 0.15) is 0 Å². The number of amides is 1. The molecule has 1 fully saturated rings. The number of carbonyl (C=O) groups is 1. The molecule has 2 rings (SSSR count). The lowest BCUT2D eigenvalue weighted by Crippen LogP contribution is -2.42. The van der Waals surface area contributed by atoms with Gasteiger partial charge >= 0.3 is 0 Å². The van der Waals surface area contributed by atoms with Crippen LogP contribution in [0.4, 0.5) is 5.82 Å². The van der Waals surface area contributed by atoms with Crippen LogP contribution >= 0.6 is 0 Å². The Balaban J connectivity index is 2.11. The van der Waals surface area contributed by atoms with E-state index in [1.165, 1.54) is 17.7 Å². The van der Waals surface area contributed by atoms with Crippen LogP contribution in [0.1, 0.15) is 37.2 Å². The van der Waals surface area contributed by atoms with Crippen molar-refractivity contribution in [3.05, 3.63) is 17.8 Å². The summed E-state index contributed by atoms with van der Waals surface area (Å²) in [5.41, 5.74) is 0.381. The molecular weight excluding hydrogens is 266 g/mol. The van der Waals surface area contributed by atoms with Crippen LogP contribution in [0.25, 0.3) is 0 Å². The van der Waals surface area contributed by atoms with Crippen molar-refractivity contribution < 1.29 is 4.79 Å². The number of hydrogen-bond acceptors (Lipinski definition) is 5. The van der Waals surface area contributed by atoms with Crippen molar-refractivity contribution in [2.24, 2.45) is 0 Å². The highest BCUT2D eigenvalue weighted by Crippen LogP contribution is 2.17. The number of aromatic nitrogens is 2. The highest BCUT2D eigenvalue weighted by molar-refractivity contribution is 5.91. The van der Waals surface area contributed by atoms with E-state index in [-0.39, 0.29) is 5.91 Å². The molecular formula is C15H25N5O. The summed E-state index contributed by atoms with van der Waals surface area (Å²) in [4.78, 5) is 15.6. The SMILES string of the molecule is CC(C)N(CC1CCCN1)c1ccc(C(=O)N(C)C)nn1. The first kappa shape index (κ1) is 15.7. The molecule has 1 atom stereocenters. The summed E-state index contributed by atoms with van der Waals surface area (Å²) in [7, 11) is 3.42. The van der Waals surface area contributed by atoms with Crippen molar-refractivity contribution in [3.8, 4) is 0 Å². The van der Waals surface area contributed by atoms with Crippen LogP contribution in [-0.2, 0) is 0 Å². The molecule has 1 aliphatic heterocycles. The van der Waals surface area contributed by atoms with Crippen molar-refractivity contribution in [3.63, 3.8) is 0 Å². The second-order valence-corrected chi connectivity index (χ2v) is 6.02. The first-order chi connectivity index (χ1) is 9.99. The summed E-state index contributed by atoms with van der Waals surface area (Å²) in [5, 5.41) is 11.8. The van der Waals surface area contributed by atoms with Crippen molar-refractivity contribution >= 4 is 11.7 Å². The van der Waals surface area contributed by atoms with Crippen LogP contribution in [0.5, 0.6) is 0 Å². The quantitative estimate of drug-likeness (QED) is 0.881. The zero-order chi connectivity index (χ0) is 15.4. The molecule has 2 heterocycles. The Kier molecular flexibility index (Phi) is 5.12. The van der Waals surface area contributed by atoms with Gasteiger partial charge < -0.3 is 15.1 Å². The highest BCUT2D eigenvalue weighted by atomic mass is 16.2. The molecule has 1 aromatic heterocycles. The summed E-state index contributed by atoms with van der Waals surface area (Å²) in [6, 6.07) is 4.50. The van der Waals surface area contributed by atoms with Gasteiger partial charge in [-0.1, -0.05) is 0 Å². The number of nitrogens with zero attached hydrogens (tertiary/aromatic N) is 4. The third kappa shape index (κ3) is 3.91. The minimum absolute atomic E-state index is 0.123. The lowest BCUT2D eigenvalue weighted by atomic mass is 10.2. The van der Waals surface area contributed by atoms with Crippen LogP contribution in [-0.4, -0.2) is 60.3 Å². The Morgan fingerprint density at radius 1 is 1.38 bits per heavy atom. The molecule has 1 aromatic rings. The molecule has 6 heteroatoms. The molecule has 0 saturated carbocycles. The zero-order valence-corrected chi connectivity index (χ0v) is 13.3. The molecule has 0 spiro atoms. The molecule has 0 radical (unpaired) electrons. The Labute approximate surface area is 126 Å². The van der Waals surface area contributed by atoms with Crippen LogP contribution in [0.3, 0.4) is 0 Å². The van der Waals surface area contributed by atoms with Crippen LogP contribution < -0.4 is 10.2 Å². The van der Waals surface area contributed by atoms with Gasteiger partial charge in [0, 0.05) is 32.7 Å². The maximum absolute atomic E-state index is 11.8. The summed E-state index contributed by atoms with van der Waals surface area (Å²) >= 11 is 0. The van der Waals surface area contributed by atoms with Gasteiger partial charge in [-0.3, -0.25) is 4.79 Å². The van der Waals surface area contributed by atoms with Gasteiger partial charge in [-0.25, -0.2) is 0 Å². The third-order valence-corrected chi connectivity index (χ3v) is 3.77. The van der Waals surface area contributed by atoms with E-state index < -0.39 is 0 Å². The molecule has 6 nitrogen and oxygen atoms in total. The van der Waals surface area contributed by atoms with Gasteiger partial charge in [0.15, 0.2) is 11.5 Å². The van der Waals surface area contributed by atoms with E-state index in [1.807, 2.05) is 6.07 Å². The zero-order valence-electron chi connectivity index (χ0n) is 13.3. The Bertz CT molecular complexity index is 465. The van der Waals surface area contributed by atoms with Crippen molar-refractivity contribution in [2.45, 2.75) is 38.8 Å². The van der Waals surface area contributed by atoms with E-state index in [1.54, 1.807) is 20.2 Å². The summed E-state index contributed by atoms with van der Waals surface area (Å²) in [5.74, 6) is 0.705. The Morgan fingerprint density at radius 2 is 2.14 bits per heavy atom. The smallest absolute Gasteiger partial charge is 0.273 e. The molecule has 1 N–H and O–H groups in total. The van der Waals surface area contributed by atoms with Crippen LogP contribution in [0.15, 0.2) is 12.1 Å². The topological polar surface area (TPSA) is 61.4 Å². The molecule has 1 unspecified atom stereocenters. The predicted molar refractivity (Wildman–Crippen MR) is 83.6 cm³/mol. The minimum atomic E-state index is -0.123. The first-order valence-electron chi connectivity index (χ1n) is 7.54. The maximum Gasteiger partial charge on any atom is 0.273 e. The number of rotatable bonds is 5. The van der Waals surface area contributed by atoms with Gasteiger partial charge in [-0.15, -0.1) is 10.2 Å². The van der Waals surface area contributed by atoms with E-state index in [2.05, 4.69) is 34.3 Å². The normalized spacial score (nSPS) is 18.0. The molecule has 0 aliphatic carbocycles. The average Bonchev–Trinajstić information content (AvgIpc) is 2.97. The number of carbonyl (C=O) groups excluding carboxylic acids is 1. The first-order valence-corrected chi connectivity index (χ1v) is 7.54. The van der Waals surface area contributed by atoms with E-state index in [9.17, 15) is 4.79 Å². The molecule has 0 aromatic carbocycles. The van der Waals surface area contributed by atoms with Crippen molar-refractivity contribution in [1.29, 1.82) is 0 Å². The Morgan fingerprint density at radius 3 is 2.62 bits per heavy atom. The van der Waals surface area contributed by atoms with Crippen LogP contribution in [0.2, 0.25) is 0 Å². The van der Waals surface area contributed by atoms with Crippen molar-refractivity contribution in [1.82, 2.24) is 20.4 Å². The fourth-order valence-corrected chi connectivity index (χ4v) is 2.54. The second kappa shape index (κ2) is 6.85. The molecule has 116 valence electrons. The lowest BCUT2D eigenvalue weighted by Gasteiger charge is -2.30. The Hall–Kier alpha value is -1.69. The maximum atomic E-state index is 11.8. The molecule has 1 aliphatic rings. The summed E-state index contributed by atoms with van der Waals surface area (Å²) < 4.78 is 0. The number of anilines is 1. The van der Waals surface area contributed by atoms with E-state index in [0.29, 0.717) is 17.8 Å². The van der Waals surface area contributed by atoms with Gasteiger partial charge in [0.25, 0.3) is 5.91 Å². The van der Waals surface area contributed by atoms with Gasteiger partial charge in [0.05, 0.1) is 0 Å². The van der Waals surface area contributed by atoms with E-state index >= 15 is 0 Å². The molecule has 1 saturated heterocycles. The van der Waals surface area contributed by atoms with Crippen LogP contribution in [0, 0.1) is 0 Å². The largest absolute Gasteiger partial charge is 0.351 e. The van der Waals surface area contributed by atoms with Gasteiger partial charge in [-0.2, -0.15) is 0 Å². The molecule has 21 heavy (non-hydrogen) atoms. The van der Waals surface area contributed by atoms with E-state index in [0.717, 1.165) is 18.9 Å². The fourth-order valence-electron chi connectivity index (χ4n) is 2.54. The summed E-state index contributed by atoms with van der Waals surface area (Å²) in [6.07, 6.45) is 2.44. The summed E-state index contributed by atoms with van der Waals surface area (Å²) in [6.45, 7) is 6.32. The standard InChI is InChI=1S/C15H25N5O/c1-11(2)20(10-12-6-5-9-16-12)14-8-7-13(17-18-14)15(21)19(3)4/h7-8,11-12,16H,5-6,9-10H2,1-4H3. The fraction of sp³-hybridized carbons (Fsp3) is 0.667. The highest BCUT2D eigenvalue weighted by Gasteiger charge is 2.21. The predicted octanol–water partition coefficient (Wildman–Crippen LogP) is 1.15. The molecule has 0 bridgehead atoms. The molecule has 1 amide bonds. The third-order valence-electron chi connectivity index (χ3n) is 3.77. The number of hydrogen-bond donors (Lipinski definition) is 1. The van der Waals surface area contributed by atoms with Gasteiger partial charge in [-0.05, 0) is 45.4 Å². The monoisotopic (exact) mass is 291 g/mol. The average molecular weight is 291 g/mol. The van der Waals surface area contributed by atoms with E-state index in [4.69, 9.17) is 0 Å². The van der Waals surface area contributed by atoms with Crippen molar-refractivity contribution in [2.75, 3.05) is 32.1 Å². The lowest BCUT2D eigenvalue weighted by molar-refractivity contribution is 0.0821. The van der Waals surface area contributed by atoms with Gasteiger partial charge in [0.2, 0.25) is 0 Å². The minimum Gasteiger partial charge on any atom is -0.351 e.